The molecule has 1 heterocycles. The summed E-state index contributed by atoms with van der Waals surface area (Å²) in [5.41, 5.74) is -1.08. The number of carbonyl (C=O) groups excluding carboxylic acids is 1. The average molecular weight is 279 g/mol. The van der Waals surface area contributed by atoms with Crippen LogP contribution in [0.4, 0.5) is 0 Å². The van der Waals surface area contributed by atoms with Crippen molar-refractivity contribution in [3.63, 3.8) is 0 Å². The highest BCUT2D eigenvalue weighted by Crippen LogP contribution is 2.32. The Kier molecular flexibility index (Phi) is 4.42. The number of nitrogens with one attached hydrogen (secondary N) is 1. The van der Waals surface area contributed by atoms with E-state index >= 15 is 0 Å². The summed E-state index contributed by atoms with van der Waals surface area (Å²) in [6, 6.07) is 0. The van der Waals surface area contributed by atoms with Crippen molar-refractivity contribution in [1.29, 1.82) is 0 Å². The summed E-state index contributed by atoms with van der Waals surface area (Å²) >= 11 is 0. The first-order valence-electron chi connectivity index (χ1n) is 7.02. The molecule has 2 unspecified atom stereocenters. The van der Waals surface area contributed by atoms with Gasteiger partial charge in [-0.1, -0.05) is 19.8 Å². The topological polar surface area (TPSA) is 84.2 Å². The number of amides is 1. The maximum atomic E-state index is 12.0. The van der Waals surface area contributed by atoms with E-state index < -0.39 is 11.5 Å². The lowest BCUT2D eigenvalue weighted by atomic mass is 9.76. The minimum Gasteiger partial charge on any atom is -0.480 e. The molecule has 1 saturated carbocycles. The maximum Gasteiger partial charge on any atom is 0.329 e. The summed E-state index contributed by atoms with van der Waals surface area (Å²) in [4.78, 5) is 27.5. The minimum atomic E-state index is -1.08. The monoisotopic (exact) mass is 279 g/mol. The van der Waals surface area contributed by atoms with E-state index in [0.29, 0.717) is 25.3 Å². The first-order valence-corrected chi connectivity index (χ1v) is 7.02. The van der Waals surface area contributed by atoms with Crippen LogP contribution in [-0.4, -0.2) is 32.1 Å². The molecule has 1 amide bonds. The van der Waals surface area contributed by atoms with E-state index in [4.69, 9.17) is 0 Å². The molecule has 1 aliphatic rings. The van der Waals surface area contributed by atoms with Gasteiger partial charge < -0.3 is 15.0 Å². The van der Waals surface area contributed by atoms with Crippen LogP contribution in [0.1, 0.15) is 39.0 Å². The molecule has 0 spiro atoms. The lowest BCUT2D eigenvalue weighted by Crippen LogP contribution is -2.56. The Labute approximate surface area is 118 Å². The zero-order chi connectivity index (χ0) is 14.6. The summed E-state index contributed by atoms with van der Waals surface area (Å²) in [6.07, 6.45) is 8.24. The summed E-state index contributed by atoms with van der Waals surface area (Å²) in [7, 11) is 0. The van der Waals surface area contributed by atoms with Crippen molar-refractivity contribution >= 4 is 11.9 Å². The lowest BCUT2D eigenvalue weighted by Gasteiger charge is -2.37. The number of carboxylic acids is 1. The Hall–Kier alpha value is -1.85. The third-order valence-electron chi connectivity index (χ3n) is 3.94. The zero-order valence-electron chi connectivity index (χ0n) is 11.7. The number of aryl methyl sites for hydroxylation is 1. The fourth-order valence-corrected chi connectivity index (χ4v) is 2.89. The van der Waals surface area contributed by atoms with E-state index in [1.807, 2.05) is 6.92 Å². The SMILES string of the molecule is CC1CCCC(NC(=O)CCn2ccnc2)(C(=O)O)C1. The van der Waals surface area contributed by atoms with E-state index in [0.717, 1.165) is 12.8 Å². The summed E-state index contributed by atoms with van der Waals surface area (Å²) in [6.45, 7) is 2.55. The molecule has 1 aromatic heterocycles. The maximum absolute atomic E-state index is 12.0. The van der Waals surface area contributed by atoms with Gasteiger partial charge in [0.05, 0.1) is 6.33 Å². The molecule has 110 valence electrons. The molecule has 2 rings (SSSR count). The van der Waals surface area contributed by atoms with Gasteiger partial charge in [0.2, 0.25) is 5.91 Å². The fraction of sp³-hybridized carbons (Fsp3) is 0.643. The van der Waals surface area contributed by atoms with Crippen LogP contribution in [0.2, 0.25) is 0 Å². The van der Waals surface area contributed by atoms with Crippen molar-refractivity contribution in [3.8, 4) is 0 Å². The van der Waals surface area contributed by atoms with Gasteiger partial charge in [-0.2, -0.15) is 0 Å². The predicted octanol–water partition coefficient (Wildman–Crippen LogP) is 1.42. The number of aromatic nitrogens is 2. The van der Waals surface area contributed by atoms with E-state index in [1.165, 1.54) is 0 Å². The van der Waals surface area contributed by atoms with Crippen molar-refractivity contribution in [2.24, 2.45) is 5.92 Å². The Morgan fingerprint density at radius 3 is 2.95 bits per heavy atom. The number of hydrogen-bond donors (Lipinski definition) is 2. The molecular weight excluding hydrogens is 258 g/mol. The fourth-order valence-electron chi connectivity index (χ4n) is 2.89. The van der Waals surface area contributed by atoms with Gasteiger partial charge in [-0.15, -0.1) is 0 Å². The highest BCUT2D eigenvalue weighted by Gasteiger charge is 2.42. The van der Waals surface area contributed by atoms with Crippen LogP contribution in [0.3, 0.4) is 0 Å². The summed E-state index contributed by atoms with van der Waals surface area (Å²) in [5, 5.41) is 12.2. The number of nitrogens with zero attached hydrogens (tertiary/aromatic N) is 2. The van der Waals surface area contributed by atoms with Crippen molar-refractivity contribution in [2.45, 2.75) is 51.1 Å². The van der Waals surface area contributed by atoms with Gasteiger partial charge >= 0.3 is 5.97 Å². The third kappa shape index (κ3) is 3.37. The molecular formula is C14H21N3O3. The second kappa shape index (κ2) is 6.07. The number of aliphatic carboxylic acids is 1. The van der Waals surface area contributed by atoms with Crippen molar-refractivity contribution in [1.82, 2.24) is 14.9 Å². The molecule has 2 N–H and O–H groups in total. The molecule has 2 atom stereocenters. The molecule has 1 aliphatic carbocycles. The molecule has 0 aliphatic heterocycles. The van der Waals surface area contributed by atoms with E-state index in [1.54, 1.807) is 23.3 Å². The van der Waals surface area contributed by atoms with Crippen LogP contribution in [0.15, 0.2) is 18.7 Å². The lowest BCUT2D eigenvalue weighted by molar-refractivity contribution is -0.150. The van der Waals surface area contributed by atoms with Gasteiger partial charge in [0.1, 0.15) is 5.54 Å². The van der Waals surface area contributed by atoms with Crippen LogP contribution >= 0.6 is 0 Å². The Morgan fingerprint density at radius 2 is 2.35 bits per heavy atom. The van der Waals surface area contributed by atoms with Crippen LogP contribution in [-0.2, 0) is 16.1 Å². The summed E-state index contributed by atoms with van der Waals surface area (Å²) in [5.74, 6) is -0.802. The van der Waals surface area contributed by atoms with Gasteiger partial charge in [0.25, 0.3) is 0 Å². The van der Waals surface area contributed by atoms with Crippen LogP contribution < -0.4 is 5.32 Å². The van der Waals surface area contributed by atoms with E-state index in [-0.39, 0.29) is 12.3 Å². The normalized spacial score (nSPS) is 26.1. The Bertz CT molecular complexity index is 472. The smallest absolute Gasteiger partial charge is 0.329 e. The quantitative estimate of drug-likeness (QED) is 0.853. The second-order valence-corrected chi connectivity index (χ2v) is 5.69. The highest BCUT2D eigenvalue weighted by molar-refractivity contribution is 5.87. The first-order chi connectivity index (χ1) is 9.52. The predicted molar refractivity (Wildman–Crippen MR) is 73.0 cm³/mol. The highest BCUT2D eigenvalue weighted by atomic mass is 16.4. The van der Waals surface area contributed by atoms with Gasteiger partial charge in [0, 0.05) is 25.4 Å². The standard InChI is InChI=1S/C14H21N3O3/c1-11-3-2-5-14(9-11,13(19)20)16-12(18)4-7-17-8-6-15-10-17/h6,8,10-11H,2-5,7,9H2,1H3,(H,16,18)(H,19,20). The van der Waals surface area contributed by atoms with Gasteiger partial charge in [-0.05, 0) is 18.8 Å². The molecule has 0 aromatic carbocycles. The van der Waals surface area contributed by atoms with Crippen LogP contribution in [0, 0.1) is 5.92 Å². The molecule has 6 nitrogen and oxygen atoms in total. The van der Waals surface area contributed by atoms with E-state index in [2.05, 4.69) is 10.3 Å². The Morgan fingerprint density at radius 1 is 1.55 bits per heavy atom. The van der Waals surface area contributed by atoms with Crippen molar-refractivity contribution in [2.75, 3.05) is 0 Å². The molecule has 20 heavy (non-hydrogen) atoms. The van der Waals surface area contributed by atoms with Gasteiger partial charge in [0.15, 0.2) is 0 Å². The van der Waals surface area contributed by atoms with Crippen molar-refractivity contribution in [3.05, 3.63) is 18.7 Å². The third-order valence-corrected chi connectivity index (χ3v) is 3.94. The van der Waals surface area contributed by atoms with Gasteiger partial charge in [-0.25, -0.2) is 9.78 Å². The Balaban J connectivity index is 1.94. The molecule has 6 heteroatoms. The zero-order valence-corrected chi connectivity index (χ0v) is 11.7. The van der Waals surface area contributed by atoms with Crippen LogP contribution in [0.25, 0.3) is 0 Å². The summed E-state index contributed by atoms with van der Waals surface area (Å²) < 4.78 is 1.80. The molecule has 0 bridgehead atoms. The van der Waals surface area contributed by atoms with Crippen LogP contribution in [0.5, 0.6) is 0 Å². The number of imidazole rings is 1. The van der Waals surface area contributed by atoms with E-state index in [9.17, 15) is 14.7 Å². The minimum absolute atomic E-state index is 0.213. The number of rotatable bonds is 5. The largest absolute Gasteiger partial charge is 0.480 e. The first kappa shape index (κ1) is 14.6. The number of carboxylic acid groups (broad SMARTS) is 1. The molecule has 0 saturated heterocycles. The molecule has 1 fully saturated rings. The number of hydrogen-bond acceptors (Lipinski definition) is 3. The average Bonchev–Trinajstić information content (AvgIpc) is 2.89. The second-order valence-electron chi connectivity index (χ2n) is 5.69. The molecule has 1 aromatic rings. The van der Waals surface area contributed by atoms with Crippen molar-refractivity contribution < 1.29 is 14.7 Å². The molecule has 0 radical (unpaired) electrons. The van der Waals surface area contributed by atoms with Gasteiger partial charge in [-0.3, -0.25) is 4.79 Å². The number of carbonyl (C=O) groups is 2.